The van der Waals surface area contributed by atoms with Crippen molar-refractivity contribution >= 4 is 40.3 Å². The van der Waals surface area contributed by atoms with Gasteiger partial charge in [0.25, 0.3) is 11.8 Å². The fraction of sp³-hybridized carbons (Fsp3) is 0.333. The summed E-state index contributed by atoms with van der Waals surface area (Å²) < 4.78 is 11.1. The molecule has 1 aliphatic heterocycles. The Morgan fingerprint density at radius 2 is 1.79 bits per heavy atom. The standard InChI is InChI=1S/C30H36N4O3S/c1-6-34(7-2)14-13-31-29(35)25-15-21(5)32-28(25)17-24-23-16-22(11-12-27(23)33-30(24)36)38(37)18-26-19(3)9-8-10-20(26)4/h8-12,15-17,37H,6-7,13-14,18H2,1-5H3,(H2-,31,32,33,35,36)/p+1. The van der Waals surface area contributed by atoms with E-state index in [1.807, 2.05) is 31.2 Å². The Kier molecular flexibility index (Phi) is 8.76. The number of nitrogens with one attached hydrogen (secondary N) is 3. The van der Waals surface area contributed by atoms with Gasteiger partial charge in [-0.15, -0.1) is 0 Å². The highest BCUT2D eigenvalue weighted by atomic mass is 32.2. The molecule has 2 heterocycles. The fourth-order valence-electron chi connectivity index (χ4n) is 4.77. The Labute approximate surface area is 227 Å². The predicted octanol–water partition coefficient (Wildman–Crippen LogP) is 5.15. The van der Waals surface area contributed by atoms with Crippen LogP contribution >= 0.6 is 0 Å². The molecule has 0 radical (unpaired) electrons. The van der Waals surface area contributed by atoms with Crippen molar-refractivity contribution in [3.05, 3.63) is 81.7 Å². The molecule has 0 spiro atoms. The lowest BCUT2D eigenvalue weighted by Crippen LogP contribution is -2.34. The Bertz CT molecular complexity index is 1350. The van der Waals surface area contributed by atoms with E-state index in [4.69, 9.17) is 0 Å². The Balaban J connectivity index is 1.59. The summed E-state index contributed by atoms with van der Waals surface area (Å²) in [7, 11) is 0. The molecule has 2 aromatic carbocycles. The van der Waals surface area contributed by atoms with E-state index in [1.54, 1.807) is 12.1 Å². The van der Waals surface area contributed by atoms with Crippen LogP contribution in [0.2, 0.25) is 0 Å². The van der Waals surface area contributed by atoms with E-state index in [9.17, 15) is 14.1 Å². The minimum absolute atomic E-state index is 0.175. The summed E-state index contributed by atoms with van der Waals surface area (Å²) >= 11 is -1.03. The van der Waals surface area contributed by atoms with Gasteiger partial charge in [-0.1, -0.05) is 32.0 Å². The zero-order chi connectivity index (χ0) is 27.4. The van der Waals surface area contributed by atoms with Gasteiger partial charge in [0.2, 0.25) is 0 Å². The molecule has 200 valence electrons. The van der Waals surface area contributed by atoms with Gasteiger partial charge in [0.1, 0.15) is 0 Å². The van der Waals surface area contributed by atoms with Crippen molar-refractivity contribution in [3.63, 3.8) is 0 Å². The molecular weight excluding hydrogens is 496 g/mol. The third-order valence-corrected chi connectivity index (χ3v) is 8.46. The van der Waals surface area contributed by atoms with Crippen molar-refractivity contribution in [2.45, 2.75) is 45.3 Å². The molecule has 0 saturated carbocycles. The number of hydrogen-bond acceptors (Lipinski definition) is 4. The minimum atomic E-state index is -1.03. The maximum atomic E-state index is 13.0. The summed E-state index contributed by atoms with van der Waals surface area (Å²) in [4.78, 5) is 32.2. The second kappa shape index (κ2) is 12.0. The minimum Gasteiger partial charge on any atom is -0.358 e. The number of H-pyrrole nitrogens is 1. The quantitative estimate of drug-likeness (QED) is 0.214. The molecular formula is C30H37N4O3S+. The SMILES string of the molecule is CCN(CC)CCNC(=O)c1cc(C)[nH]c1/C=C1\C(=O)Nc2ccc([S+](O)Cc3c(C)cccc3C)cc21. The topological polar surface area (TPSA) is 97.5 Å². The number of hydrogen-bond donors (Lipinski definition) is 4. The summed E-state index contributed by atoms with van der Waals surface area (Å²) in [5.74, 6) is 0.113. The number of nitrogens with zero attached hydrogens (tertiary/aromatic N) is 1. The van der Waals surface area contributed by atoms with Gasteiger partial charge in [0.05, 0.1) is 16.8 Å². The summed E-state index contributed by atoms with van der Waals surface area (Å²) in [6.45, 7) is 13.4. The highest BCUT2D eigenvalue weighted by Gasteiger charge is 2.30. The van der Waals surface area contributed by atoms with Crippen LogP contribution in [0, 0.1) is 20.8 Å². The molecule has 0 aliphatic carbocycles. The van der Waals surface area contributed by atoms with Crippen molar-refractivity contribution in [3.8, 4) is 0 Å². The van der Waals surface area contributed by atoms with Gasteiger partial charge in [-0.2, -0.15) is 4.55 Å². The number of aryl methyl sites for hydroxylation is 3. The zero-order valence-electron chi connectivity index (χ0n) is 22.8. The lowest BCUT2D eigenvalue weighted by Gasteiger charge is -2.17. The molecule has 1 atom stereocenters. The van der Waals surface area contributed by atoms with Crippen LogP contribution in [0.4, 0.5) is 5.69 Å². The molecule has 4 N–H and O–H groups in total. The van der Waals surface area contributed by atoms with E-state index in [-0.39, 0.29) is 11.8 Å². The van der Waals surface area contributed by atoms with E-state index < -0.39 is 11.2 Å². The number of rotatable bonds is 10. The van der Waals surface area contributed by atoms with Gasteiger partial charge < -0.3 is 20.5 Å². The number of aromatic amines is 1. The number of likely N-dealkylation sites (N-methyl/N-ethyl adjacent to an activating group) is 1. The van der Waals surface area contributed by atoms with E-state index in [0.29, 0.717) is 34.8 Å². The van der Waals surface area contributed by atoms with Gasteiger partial charge >= 0.3 is 0 Å². The number of carbonyl (C=O) groups excluding carboxylic acids is 2. The van der Waals surface area contributed by atoms with Crippen LogP contribution in [-0.2, 0) is 21.7 Å². The van der Waals surface area contributed by atoms with Crippen LogP contribution < -0.4 is 10.6 Å². The molecule has 8 heteroatoms. The van der Waals surface area contributed by atoms with Crippen LogP contribution in [0.25, 0.3) is 11.6 Å². The molecule has 4 rings (SSSR count). The number of benzene rings is 2. The molecule has 7 nitrogen and oxygen atoms in total. The van der Waals surface area contributed by atoms with Crippen LogP contribution in [0.15, 0.2) is 47.4 Å². The molecule has 0 saturated heterocycles. The van der Waals surface area contributed by atoms with Crippen LogP contribution in [0.5, 0.6) is 0 Å². The summed E-state index contributed by atoms with van der Waals surface area (Å²) in [6.07, 6.45) is 1.73. The molecule has 2 amide bonds. The van der Waals surface area contributed by atoms with E-state index in [0.717, 1.165) is 52.5 Å². The van der Waals surface area contributed by atoms with Crippen molar-refractivity contribution < 1.29 is 14.1 Å². The highest BCUT2D eigenvalue weighted by Crippen LogP contribution is 2.36. The first-order valence-corrected chi connectivity index (χ1v) is 14.4. The number of fused-ring (bicyclic) bond motifs is 1. The van der Waals surface area contributed by atoms with Gasteiger partial charge in [-0.05, 0) is 69.3 Å². The molecule has 1 unspecified atom stereocenters. The zero-order valence-corrected chi connectivity index (χ0v) is 23.6. The number of aromatic nitrogens is 1. The monoisotopic (exact) mass is 533 g/mol. The van der Waals surface area contributed by atoms with Crippen molar-refractivity contribution in [1.29, 1.82) is 0 Å². The molecule has 1 aliphatic rings. The average molecular weight is 534 g/mol. The number of amides is 2. The van der Waals surface area contributed by atoms with Gasteiger partial charge in [0, 0.05) is 41.7 Å². The smallest absolute Gasteiger partial charge is 0.256 e. The Morgan fingerprint density at radius 1 is 1.08 bits per heavy atom. The Hall–Kier alpha value is -3.33. The molecule has 1 aromatic heterocycles. The van der Waals surface area contributed by atoms with Gasteiger partial charge in [-0.3, -0.25) is 9.59 Å². The average Bonchev–Trinajstić information content (AvgIpc) is 3.42. The fourth-order valence-corrected chi connectivity index (χ4v) is 6.15. The summed E-state index contributed by atoms with van der Waals surface area (Å²) in [5, 5.41) is 5.91. The van der Waals surface area contributed by atoms with E-state index in [1.165, 1.54) is 0 Å². The second-order valence-electron chi connectivity index (χ2n) is 9.66. The first-order valence-electron chi connectivity index (χ1n) is 13.0. The molecule has 0 fully saturated rings. The third kappa shape index (κ3) is 6.04. The Morgan fingerprint density at radius 3 is 2.47 bits per heavy atom. The maximum absolute atomic E-state index is 13.0. The maximum Gasteiger partial charge on any atom is 0.256 e. The number of carbonyl (C=O) groups is 2. The van der Waals surface area contributed by atoms with Gasteiger partial charge in [0.15, 0.2) is 21.8 Å². The molecule has 38 heavy (non-hydrogen) atoms. The largest absolute Gasteiger partial charge is 0.358 e. The number of anilines is 1. The van der Waals surface area contributed by atoms with Crippen molar-refractivity contribution in [1.82, 2.24) is 15.2 Å². The van der Waals surface area contributed by atoms with Crippen LogP contribution in [0.1, 0.15) is 57.8 Å². The highest BCUT2D eigenvalue weighted by molar-refractivity contribution is 7.90. The van der Waals surface area contributed by atoms with Crippen molar-refractivity contribution in [2.75, 3.05) is 31.5 Å². The second-order valence-corrected chi connectivity index (χ2v) is 11.2. The first kappa shape index (κ1) is 27.7. The molecule has 3 aromatic rings. The predicted molar refractivity (Wildman–Crippen MR) is 156 cm³/mol. The van der Waals surface area contributed by atoms with Crippen LogP contribution in [-0.4, -0.2) is 52.4 Å². The first-order chi connectivity index (χ1) is 18.2. The van der Waals surface area contributed by atoms with Gasteiger partial charge in [-0.25, -0.2) is 0 Å². The van der Waals surface area contributed by atoms with E-state index >= 15 is 0 Å². The molecule has 0 bridgehead atoms. The summed E-state index contributed by atoms with van der Waals surface area (Å²) in [5.41, 5.74) is 7.26. The lowest BCUT2D eigenvalue weighted by molar-refractivity contribution is -0.110. The third-order valence-electron chi connectivity index (χ3n) is 7.10. The lowest BCUT2D eigenvalue weighted by atomic mass is 10.0. The van der Waals surface area contributed by atoms with E-state index in [2.05, 4.69) is 60.3 Å². The van der Waals surface area contributed by atoms with Crippen molar-refractivity contribution in [2.24, 2.45) is 0 Å². The normalized spacial score (nSPS) is 14.6. The van der Waals surface area contributed by atoms with Crippen LogP contribution in [0.3, 0.4) is 0 Å². The summed E-state index contributed by atoms with van der Waals surface area (Å²) in [6, 6.07) is 13.5.